The Labute approximate surface area is 127 Å². The third kappa shape index (κ3) is 1.71. The van der Waals surface area contributed by atoms with Crippen LogP contribution in [0.15, 0.2) is 40.9 Å². The van der Waals surface area contributed by atoms with Gasteiger partial charge in [0, 0.05) is 38.1 Å². The molecule has 4 aliphatic rings. The van der Waals surface area contributed by atoms with E-state index in [2.05, 4.69) is 68.2 Å². The Morgan fingerprint density at radius 2 is 1.90 bits per heavy atom. The molecule has 5 rings (SSSR count). The third-order valence-corrected chi connectivity index (χ3v) is 5.15. The van der Waals surface area contributed by atoms with Crippen molar-refractivity contribution < 1.29 is 4.58 Å². The van der Waals surface area contributed by atoms with Crippen molar-refractivity contribution in [1.82, 2.24) is 0 Å². The molecule has 21 heavy (non-hydrogen) atoms. The van der Waals surface area contributed by atoms with Crippen LogP contribution in [0, 0.1) is 0 Å². The summed E-state index contributed by atoms with van der Waals surface area (Å²) in [6.07, 6.45) is 6.99. The third-order valence-electron chi connectivity index (χ3n) is 5.15. The van der Waals surface area contributed by atoms with Gasteiger partial charge in [0.05, 0.1) is 0 Å². The van der Waals surface area contributed by atoms with E-state index in [1.54, 1.807) is 0 Å². The molecular weight excluding hydrogens is 256 g/mol. The number of nitrogens with zero attached hydrogens (tertiary/aromatic N) is 2. The topological polar surface area (TPSA) is 15.4 Å². The van der Waals surface area contributed by atoms with Crippen LogP contribution in [0.25, 0.3) is 0 Å². The maximum atomic E-state index is 4.71. The van der Waals surface area contributed by atoms with Crippen molar-refractivity contribution in [2.24, 2.45) is 4.99 Å². The monoisotopic (exact) mass is 281 g/mol. The lowest BCUT2D eigenvalue weighted by atomic mass is 9.65. The van der Waals surface area contributed by atoms with Crippen molar-refractivity contribution in [3.8, 4) is 0 Å². The smallest absolute Gasteiger partial charge is 0.179 e. The molecule has 0 aromatic heterocycles. The van der Waals surface area contributed by atoms with Crippen LogP contribution < -0.4 is 0 Å². The van der Waals surface area contributed by atoms with Gasteiger partial charge in [0.1, 0.15) is 12.5 Å². The summed E-state index contributed by atoms with van der Waals surface area (Å²) in [7, 11) is 2.17. The lowest BCUT2D eigenvalue weighted by molar-refractivity contribution is -0.552. The fourth-order valence-electron chi connectivity index (χ4n) is 3.91. The SMILES string of the molecule is CC.C[N+]1=C[C@]23C=NCC(C=C2C1(C)C)c1ccccc13. The highest BCUT2D eigenvalue weighted by atomic mass is 15.1. The number of aliphatic imine (C=N–C) groups is 1. The molecule has 1 aliphatic carbocycles. The molecule has 2 nitrogen and oxygen atoms in total. The molecule has 110 valence electrons. The van der Waals surface area contributed by atoms with Crippen LogP contribution >= 0.6 is 0 Å². The van der Waals surface area contributed by atoms with Crippen LogP contribution in [0.3, 0.4) is 0 Å². The first kappa shape index (κ1) is 14.2. The summed E-state index contributed by atoms with van der Waals surface area (Å²) in [4.78, 5) is 4.71. The minimum Gasteiger partial charge on any atom is -0.295 e. The Balaban J connectivity index is 0.000000636. The van der Waals surface area contributed by atoms with Crippen LogP contribution in [0.1, 0.15) is 44.7 Å². The summed E-state index contributed by atoms with van der Waals surface area (Å²) in [6.45, 7) is 9.50. The van der Waals surface area contributed by atoms with Crippen molar-refractivity contribution in [2.45, 2.75) is 44.6 Å². The van der Waals surface area contributed by atoms with Crippen molar-refractivity contribution >= 4 is 12.4 Å². The number of rotatable bonds is 0. The van der Waals surface area contributed by atoms with Crippen LogP contribution in [0.4, 0.5) is 0 Å². The van der Waals surface area contributed by atoms with Crippen LogP contribution in [-0.2, 0) is 5.41 Å². The first-order valence-electron chi connectivity index (χ1n) is 7.98. The maximum absolute atomic E-state index is 4.71. The summed E-state index contributed by atoms with van der Waals surface area (Å²) in [6, 6.07) is 8.84. The van der Waals surface area contributed by atoms with Crippen LogP contribution in [0.5, 0.6) is 0 Å². The average molecular weight is 281 g/mol. The van der Waals surface area contributed by atoms with Gasteiger partial charge in [0.2, 0.25) is 0 Å². The molecule has 3 aliphatic heterocycles. The summed E-state index contributed by atoms with van der Waals surface area (Å²) >= 11 is 0. The minimum absolute atomic E-state index is 0.0716. The van der Waals surface area contributed by atoms with Gasteiger partial charge in [-0.1, -0.05) is 44.2 Å². The van der Waals surface area contributed by atoms with E-state index in [9.17, 15) is 0 Å². The van der Waals surface area contributed by atoms with Crippen molar-refractivity contribution in [3.63, 3.8) is 0 Å². The predicted octanol–water partition coefficient (Wildman–Crippen LogP) is 3.56. The molecule has 0 fully saturated rings. The molecular formula is C19H25N2+. The van der Waals surface area contributed by atoms with E-state index >= 15 is 0 Å². The molecule has 0 N–H and O–H groups in total. The van der Waals surface area contributed by atoms with E-state index in [-0.39, 0.29) is 11.0 Å². The zero-order chi connectivity index (χ0) is 15.3. The second kappa shape index (κ2) is 4.66. The maximum Gasteiger partial charge on any atom is 0.179 e. The van der Waals surface area contributed by atoms with Crippen LogP contribution in [0.2, 0.25) is 0 Å². The number of benzene rings is 1. The number of hydrogen-bond donors (Lipinski definition) is 0. The summed E-state index contributed by atoms with van der Waals surface area (Å²) in [5.74, 6) is 0.442. The van der Waals surface area contributed by atoms with Crippen molar-refractivity contribution in [1.29, 1.82) is 0 Å². The van der Waals surface area contributed by atoms with Gasteiger partial charge in [-0.2, -0.15) is 0 Å². The Morgan fingerprint density at radius 3 is 2.67 bits per heavy atom. The summed E-state index contributed by atoms with van der Waals surface area (Å²) < 4.78 is 2.34. The lowest BCUT2D eigenvalue weighted by Crippen LogP contribution is -2.39. The van der Waals surface area contributed by atoms with Gasteiger partial charge in [-0.05, 0) is 11.1 Å². The fraction of sp³-hybridized carbons (Fsp3) is 0.474. The highest BCUT2D eigenvalue weighted by Crippen LogP contribution is 2.50. The molecule has 1 spiro atoms. The highest BCUT2D eigenvalue weighted by molar-refractivity contribution is 6.03. The van der Waals surface area contributed by atoms with Gasteiger partial charge >= 0.3 is 0 Å². The number of hydrogen-bond acceptors (Lipinski definition) is 1. The lowest BCUT2D eigenvalue weighted by Gasteiger charge is -2.32. The molecule has 0 saturated heterocycles. The fourth-order valence-corrected chi connectivity index (χ4v) is 3.91. The number of fused-ring (bicyclic) bond motifs is 1. The van der Waals surface area contributed by atoms with Crippen LogP contribution in [-0.4, -0.2) is 36.1 Å². The van der Waals surface area contributed by atoms with Gasteiger partial charge in [0.25, 0.3) is 0 Å². The Morgan fingerprint density at radius 1 is 1.19 bits per heavy atom. The molecule has 2 bridgehead atoms. The Hall–Kier alpha value is -1.70. The van der Waals surface area contributed by atoms with E-state index in [1.807, 2.05) is 13.8 Å². The molecule has 0 radical (unpaired) electrons. The van der Waals surface area contributed by atoms with Crippen molar-refractivity contribution in [2.75, 3.05) is 13.6 Å². The molecule has 1 unspecified atom stereocenters. The number of likely N-dealkylation sites (N-methyl/N-ethyl adjacent to an activating group) is 1. The minimum atomic E-state index is -0.109. The van der Waals surface area contributed by atoms with E-state index < -0.39 is 0 Å². The molecule has 0 amide bonds. The van der Waals surface area contributed by atoms with Crippen molar-refractivity contribution in [3.05, 3.63) is 47.0 Å². The molecule has 3 heterocycles. The molecule has 1 aromatic rings. The van der Waals surface area contributed by atoms with Gasteiger partial charge < -0.3 is 0 Å². The Bertz CT molecular complexity index is 664. The normalized spacial score (nSPS) is 30.4. The molecule has 1 aromatic carbocycles. The molecule has 2 atom stereocenters. The predicted molar refractivity (Wildman–Crippen MR) is 90.0 cm³/mol. The largest absolute Gasteiger partial charge is 0.295 e. The van der Waals surface area contributed by atoms with E-state index in [1.165, 1.54) is 16.7 Å². The summed E-state index contributed by atoms with van der Waals surface area (Å²) in [5.41, 5.74) is 4.33. The molecule has 0 saturated carbocycles. The molecule has 2 heteroatoms. The standard InChI is InChI=1S/C17H19N2.C2H6/c1-16(2)15-8-12-9-18-10-17(15,11-19(16)3)14-7-5-4-6-13(12)14;1-2/h4-8,10-12H,9H2,1-3H3;1-2H3/q+1;/t12?,17-;/m0./s1. The van der Waals surface area contributed by atoms with Gasteiger partial charge in [-0.3, -0.25) is 4.99 Å². The first-order chi connectivity index (χ1) is 10.1. The zero-order valence-corrected chi connectivity index (χ0v) is 13.7. The zero-order valence-electron chi connectivity index (χ0n) is 13.7. The van der Waals surface area contributed by atoms with Gasteiger partial charge in [-0.25, -0.2) is 4.58 Å². The Kier molecular flexibility index (Phi) is 3.16. The highest BCUT2D eigenvalue weighted by Gasteiger charge is 2.57. The van der Waals surface area contributed by atoms with E-state index in [0.717, 1.165) is 6.54 Å². The van der Waals surface area contributed by atoms with Gasteiger partial charge in [-0.15, -0.1) is 0 Å². The second-order valence-electron chi connectivity index (χ2n) is 6.44. The first-order valence-corrected chi connectivity index (χ1v) is 7.98. The van der Waals surface area contributed by atoms with E-state index in [4.69, 9.17) is 4.99 Å². The van der Waals surface area contributed by atoms with E-state index in [0.29, 0.717) is 5.92 Å². The quantitative estimate of drug-likeness (QED) is 0.510. The average Bonchev–Trinajstić information content (AvgIpc) is 2.69. The second-order valence-corrected chi connectivity index (χ2v) is 6.44. The summed E-state index contributed by atoms with van der Waals surface area (Å²) in [5, 5.41) is 0. The van der Waals surface area contributed by atoms with Gasteiger partial charge in [0.15, 0.2) is 11.8 Å².